The van der Waals surface area contributed by atoms with Crippen molar-refractivity contribution < 1.29 is 4.79 Å². The number of carbonyl (C=O) groups excluding carboxylic acids is 1. The highest BCUT2D eigenvalue weighted by atomic mass is 16.2. The van der Waals surface area contributed by atoms with Crippen LogP contribution in [-0.2, 0) is 4.79 Å². The van der Waals surface area contributed by atoms with Crippen molar-refractivity contribution in [2.75, 3.05) is 26.7 Å². The lowest BCUT2D eigenvalue weighted by atomic mass is 9.87. The van der Waals surface area contributed by atoms with Gasteiger partial charge in [-0.05, 0) is 57.7 Å². The van der Waals surface area contributed by atoms with Gasteiger partial charge in [-0.3, -0.25) is 9.69 Å². The van der Waals surface area contributed by atoms with Crippen LogP contribution in [0.4, 0.5) is 0 Å². The Morgan fingerprint density at radius 1 is 1.24 bits per heavy atom. The predicted molar refractivity (Wildman–Crippen MR) is 87.3 cm³/mol. The number of amides is 1. The van der Waals surface area contributed by atoms with E-state index in [1.165, 1.54) is 12.8 Å². The third-order valence-electron chi connectivity index (χ3n) is 5.54. The molecule has 122 valence electrons. The maximum atomic E-state index is 13.0. The van der Waals surface area contributed by atoms with Crippen molar-refractivity contribution >= 4 is 5.91 Å². The molecule has 0 aromatic rings. The van der Waals surface area contributed by atoms with Crippen LogP contribution in [0.1, 0.15) is 53.4 Å². The minimum absolute atomic E-state index is 0.114. The van der Waals surface area contributed by atoms with Crippen LogP contribution in [0.15, 0.2) is 0 Å². The van der Waals surface area contributed by atoms with Crippen molar-refractivity contribution in [3.8, 4) is 0 Å². The van der Waals surface area contributed by atoms with E-state index in [-0.39, 0.29) is 17.5 Å². The molecule has 0 bridgehead atoms. The highest BCUT2D eigenvalue weighted by Crippen LogP contribution is 2.29. The molecule has 0 aliphatic carbocycles. The summed E-state index contributed by atoms with van der Waals surface area (Å²) < 4.78 is 0. The van der Waals surface area contributed by atoms with Crippen LogP contribution in [0.25, 0.3) is 0 Å². The van der Waals surface area contributed by atoms with Gasteiger partial charge in [0.25, 0.3) is 0 Å². The summed E-state index contributed by atoms with van der Waals surface area (Å²) in [5, 5.41) is 3.42. The molecule has 0 aromatic carbocycles. The highest BCUT2D eigenvalue weighted by Gasteiger charge is 2.39. The fraction of sp³-hybridized carbons (Fsp3) is 0.941. The van der Waals surface area contributed by atoms with Crippen molar-refractivity contribution in [2.45, 2.75) is 71.5 Å². The topological polar surface area (TPSA) is 35.6 Å². The molecular weight excluding hydrogens is 262 g/mol. The second-order valence-corrected chi connectivity index (χ2v) is 7.87. The fourth-order valence-corrected chi connectivity index (χ4v) is 3.64. The summed E-state index contributed by atoms with van der Waals surface area (Å²) >= 11 is 0. The number of piperidine rings is 1. The fourth-order valence-electron chi connectivity index (χ4n) is 3.64. The Morgan fingerprint density at radius 2 is 1.86 bits per heavy atom. The number of likely N-dealkylation sites (tertiary alicyclic amines) is 1. The molecule has 1 amide bonds. The first-order chi connectivity index (χ1) is 9.82. The lowest BCUT2D eigenvalue weighted by Gasteiger charge is -2.40. The van der Waals surface area contributed by atoms with Crippen molar-refractivity contribution in [3.63, 3.8) is 0 Å². The van der Waals surface area contributed by atoms with E-state index in [1.807, 2.05) is 11.9 Å². The smallest absolute Gasteiger partial charge is 0.239 e. The van der Waals surface area contributed by atoms with E-state index in [9.17, 15) is 4.79 Å². The molecule has 2 unspecified atom stereocenters. The predicted octanol–water partition coefficient (Wildman–Crippen LogP) is 2.10. The Morgan fingerprint density at radius 3 is 2.43 bits per heavy atom. The standard InChI is InChI=1S/C17H33N3O/c1-13(17(2,3)4)19(5)16(21)15-7-6-12-20(15)14-8-10-18-11-9-14/h13-15,18H,6-12H2,1-5H3. The molecule has 2 rings (SSSR count). The second-order valence-electron chi connectivity index (χ2n) is 7.87. The number of carbonyl (C=O) groups is 1. The molecule has 4 heteroatoms. The lowest BCUT2D eigenvalue weighted by molar-refractivity contribution is -0.139. The molecule has 2 aliphatic rings. The van der Waals surface area contributed by atoms with Crippen LogP contribution in [0.5, 0.6) is 0 Å². The quantitative estimate of drug-likeness (QED) is 0.866. The molecular formula is C17H33N3O. The van der Waals surface area contributed by atoms with Gasteiger partial charge in [0.15, 0.2) is 0 Å². The van der Waals surface area contributed by atoms with Gasteiger partial charge in [-0.15, -0.1) is 0 Å². The molecule has 2 heterocycles. The molecule has 2 saturated heterocycles. The van der Waals surface area contributed by atoms with E-state index >= 15 is 0 Å². The van der Waals surface area contributed by atoms with Crippen LogP contribution in [0.3, 0.4) is 0 Å². The summed E-state index contributed by atoms with van der Waals surface area (Å²) in [6.07, 6.45) is 4.56. The summed E-state index contributed by atoms with van der Waals surface area (Å²) in [5.74, 6) is 0.327. The highest BCUT2D eigenvalue weighted by molar-refractivity contribution is 5.82. The zero-order chi connectivity index (χ0) is 15.6. The van der Waals surface area contributed by atoms with E-state index in [4.69, 9.17) is 0 Å². The van der Waals surface area contributed by atoms with Crippen LogP contribution >= 0.6 is 0 Å². The van der Waals surface area contributed by atoms with Gasteiger partial charge in [0.1, 0.15) is 0 Å². The van der Waals surface area contributed by atoms with Crippen molar-refractivity contribution in [1.29, 1.82) is 0 Å². The third kappa shape index (κ3) is 3.78. The van der Waals surface area contributed by atoms with E-state index in [0.717, 1.165) is 32.5 Å². The zero-order valence-electron chi connectivity index (χ0n) is 14.5. The van der Waals surface area contributed by atoms with Gasteiger partial charge >= 0.3 is 0 Å². The van der Waals surface area contributed by atoms with Crippen LogP contribution in [0.2, 0.25) is 0 Å². The first kappa shape index (κ1) is 16.8. The van der Waals surface area contributed by atoms with Gasteiger partial charge in [0, 0.05) is 19.1 Å². The first-order valence-corrected chi connectivity index (χ1v) is 8.55. The summed E-state index contributed by atoms with van der Waals surface area (Å²) in [6.45, 7) is 12.1. The van der Waals surface area contributed by atoms with E-state index in [2.05, 4.69) is 37.9 Å². The summed E-state index contributed by atoms with van der Waals surface area (Å²) in [4.78, 5) is 17.4. The molecule has 0 saturated carbocycles. The average Bonchev–Trinajstić information content (AvgIpc) is 2.94. The minimum atomic E-state index is 0.114. The molecule has 2 fully saturated rings. The Kier molecular flexibility index (Phi) is 5.31. The van der Waals surface area contributed by atoms with Gasteiger partial charge < -0.3 is 10.2 Å². The summed E-state index contributed by atoms with van der Waals surface area (Å²) in [6, 6.07) is 0.976. The molecule has 1 N–H and O–H groups in total. The van der Waals surface area contributed by atoms with Crippen molar-refractivity contribution in [2.24, 2.45) is 5.41 Å². The van der Waals surface area contributed by atoms with E-state index < -0.39 is 0 Å². The number of hydrogen-bond acceptors (Lipinski definition) is 3. The van der Waals surface area contributed by atoms with Gasteiger partial charge in [-0.2, -0.15) is 0 Å². The number of likely N-dealkylation sites (N-methyl/N-ethyl adjacent to an activating group) is 1. The van der Waals surface area contributed by atoms with Crippen LogP contribution in [0, 0.1) is 5.41 Å². The van der Waals surface area contributed by atoms with E-state index in [1.54, 1.807) is 0 Å². The number of rotatable bonds is 3. The number of nitrogens with one attached hydrogen (secondary N) is 1. The number of hydrogen-bond donors (Lipinski definition) is 1. The molecule has 2 atom stereocenters. The van der Waals surface area contributed by atoms with Crippen molar-refractivity contribution in [1.82, 2.24) is 15.1 Å². The third-order valence-corrected chi connectivity index (χ3v) is 5.54. The van der Waals surface area contributed by atoms with Gasteiger partial charge in [-0.25, -0.2) is 0 Å². The maximum absolute atomic E-state index is 13.0. The molecule has 0 aromatic heterocycles. The number of nitrogens with zero attached hydrogens (tertiary/aromatic N) is 2. The normalized spacial score (nSPS) is 26.8. The van der Waals surface area contributed by atoms with Gasteiger partial charge in [0.2, 0.25) is 5.91 Å². The van der Waals surface area contributed by atoms with Gasteiger partial charge in [0.05, 0.1) is 6.04 Å². The Bertz CT molecular complexity index is 358. The largest absolute Gasteiger partial charge is 0.341 e. The van der Waals surface area contributed by atoms with Crippen LogP contribution < -0.4 is 5.32 Å². The lowest BCUT2D eigenvalue weighted by Crippen LogP contribution is -2.54. The second kappa shape index (κ2) is 6.66. The monoisotopic (exact) mass is 295 g/mol. The Hall–Kier alpha value is -0.610. The van der Waals surface area contributed by atoms with Crippen molar-refractivity contribution in [3.05, 3.63) is 0 Å². The molecule has 0 spiro atoms. The van der Waals surface area contributed by atoms with Crippen LogP contribution in [-0.4, -0.2) is 60.5 Å². The molecule has 0 radical (unpaired) electrons. The average molecular weight is 295 g/mol. The Balaban J connectivity index is 2.03. The molecule has 21 heavy (non-hydrogen) atoms. The SMILES string of the molecule is CC(N(C)C(=O)C1CCCN1C1CCNCC1)C(C)(C)C. The van der Waals surface area contributed by atoms with Gasteiger partial charge in [-0.1, -0.05) is 20.8 Å². The summed E-state index contributed by atoms with van der Waals surface area (Å²) in [7, 11) is 1.98. The summed E-state index contributed by atoms with van der Waals surface area (Å²) in [5.41, 5.74) is 0.128. The first-order valence-electron chi connectivity index (χ1n) is 8.55. The Labute approximate surface area is 130 Å². The molecule has 4 nitrogen and oxygen atoms in total. The minimum Gasteiger partial charge on any atom is -0.341 e. The molecule has 2 aliphatic heterocycles. The maximum Gasteiger partial charge on any atom is 0.239 e. The van der Waals surface area contributed by atoms with E-state index in [0.29, 0.717) is 11.9 Å². The zero-order valence-corrected chi connectivity index (χ0v) is 14.5.